The second-order valence-corrected chi connectivity index (χ2v) is 0.694. The molecule has 0 radical (unpaired) electrons. The predicted molar refractivity (Wildman–Crippen MR) is 22.2 cm³/mol. The fourth-order valence-corrected chi connectivity index (χ4v) is 0. The minimum atomic E-state index is -1.16. The quantitative estimate of drug-likeness (QED) is 0.485. The summed E-state index contributed by atoms with van der Waals surface area (Å²) in [6, 6.07) is 0. The van der Waals surface area contributed by atoms with Gasteiger partial charge in [0.15, 0.2) is 6.77 Å². The third-order valence-electron chi connectivity index (χ3n) is 0.0364. The van der Waals surface area contributed by atoms with Gasteiger partial charge >= 0.3 is 0 Å². The van der Waals surface area contributed by atoms with E-state index in [2.05, 4.69) is 8.18 Å². The molecule has 0 amide bonds. The average molecular weight is 177 g/mol. The second kappa shape index (κ2) is 3.65. The minimum absolute atomic E-state index is 1.16. The lowest BCUT2D eigenvalue weighted by Crippen LogP contribution is -1.71. The van der Waals surface area contributed by atoms with Crippen LogP contribution in [0.1, 0.15) is 1.37 Å². The van der Waals surface area contributed by atoms with Crippen LogP contribution in [0.4, 0.5) is 0 Å². The summed E-state index contributed by atoms with van der Waals surface area (Å²) in [7, 11) is 0. The smallest absolute Gasteiger partial charge is 0.213 e. The van der Waals surface area contributed by atoms with E-state index >= 15 is 0 Å². The van der Waals surface area contributed by atoms with Gasteiger partial charge in [0.1, 0.15) is 23.0 Å². The second-order valence-electron chi connectivity index (χ2n) is 0.185. The fourth-order valence-electron chi connectivity index (χ4n) is 0. The first-order valence-electron chi connectivity index (χ1n) is 1.61. The molecule has 0 aromatic heterocycles. The zero-order chi connectivity index (χ0) is 4.99. The predicted octanol–water partition coefficient (Wildman–Crippen LogP) is 0.303. The van der Waals surface area contributed by atoms with Gasteiger partial charge in [-0.2, -0.15) is 0 Å². The highest BCUT2D eigenvalue weighted by Crippen LogP contribution is 1.76. The highest BCUT2D eigenvalue weighted by Gasteiger charge is 1.55. The molecule has 1 unspecified atom stereocenters. The summed E-state index contributed by atoms with van der Waals surface area (Å²) in [5.74, 6) is 0. The Labute approximate surface area is 41.4 Å². The number of aliphatic hydroxyl groups excluding tert-OH is 1. The lowest BCUT2D eigenvalue weighted by molar-refractivity contribution is 0.142. The molecule has 0 aromatic carbocycles. The Kier molecular flexibility index (Phi) is 1.77. The van der Waals surface area contributed by atoms with Crippen LogP contribution < -0.4 is 0 Å². The van der Waals surface area contributed by atoms with Crippen molar-refractivity contribution in [1.82, 2.24) is 0 Å². The molecule has 0 rings (SSSR count). The van der Waals surface area contributed by atoms with Crippen molar-refractivity contribution >= 4 is 23.0 Å². The van der Waals surface area contributed by atoms with Crippen LogP contribution in [0.3, 0.4) is 0 Å². The lowest BCUT2D eigenvalue weighted by atomic mass is 11.6. The third kappa shape index (κ3) is 2.65. The highest BCUT2D eigenvalue weighted by atomic mass is 127. The maximum atomic E-state index is 6.43. The molecule has 0 aliphatic carbocycles. The van der Waals surface area contributed by atoms with Crippen LogP contribution in [-0.4, -0.2) is 13.3 Å². The van der Waals surface area contributed by atoms with Crippen LogP contribution in [0.5, 0.6) is 0 Å². The van der Waals surface area contributed by atoms with Gasteiger partial charge < -0.3 is 5.11 Å². The standard InChI is InChI=1S/CH3IO2/c2-4-1-3/h3H,1H2/i1D,3T. The lowest BCUT2D eigenvalue weighted by Gasteiger charge is -1.72. The maximum Gasteiger partial charge on any atom is 0.213 e. The Bertz CT molecular complexity index is 30.7. The van der Waals surface area contributed by atoms with E-state index in [0.29, 0.717) is 0 Å². The molecule has 1 atom stereocenters. The number of hydrogen-bond acceptors (Lipinski definition) is 2. The Morgan fingerprint density at radius 3 is 3.75 bits per heavy atom. The van der Waals surface area contributed by atoms with E-state index in [1.165, 1.54) is 23.0 Å². The van der Waals surface area contributed by atoms with Crippen molar-refractivity contribution in [1.29, 1.82) is 1.43 Å². The highest BCUT2D eigenvalue weighted by molar-refractivity contribution is 14.1. The van der Waals surface area contributed by atoms with Gasteiger partial charge in [-0.15, -0.1) is 0 Å². The average Bonchev–Trinajstić information content (AvgIpc) is 1.65. The molecule has 0 saturated carbocycles. The summed E-state index contributed by atoms with van der Waals surface area (Å²) in [6.07, 6.45) is 0. The van der Waals surface area contributed by atoms with Crippen molar-refractivity contribution in [2.75, 3.05) is 6.77 Å². The number of rotatable bonds is 2. The molecule has 0 bridgehead atoms. The van der Waals surface area contributed by atoms with Crippen molar-refractivity contribution in [2.45, 2.75) is 0 Å². The van der Waals surface area contributed by atoms with E-state index in [1.807, 2.05) is 0 Å². The van der Waals surface area contributed by atoms with E-state index in [4.69, 9.17) is 2.80 Å². The van der Waals surface area contributed by atoms with Crippen molar-refractivity contribution in [2.24, 2.45) is 0 Å². The summed E-state index contributed by atoms with van der Waals surface area (Å²) < 4.78 is 16.5. The summed E-state index contributed by atoms with van der Waals surface area (Å²) in [4.78, 5) is 0. The molecule has 0 saturated heterocycles. The summed E-state index contributed by atoms with van der Waals surface area (Å²) in [5, 5.41) is 3.59. The summed E-state index contributed by atoms with van der Waals surface area (Å²) in [5.41, 5.74) is 0. The Morgan fingerprint density at radius 2 is 3.75 bits per heavy atom. The van der Waals surface area contributed by atoms with Gasteiger partial charge in [0.05, 0.1) is 1.37 Å². The topological polar surface area (TPSA) is 29.5 Å². The van der Waals surface area contributed by atoms with Crippen LogP contribution in [0.2, 0.25) is 0 Å². The van der Waals surface area contributed by atoms with E-state index in [0.717, 1.165) is 0 Å². The first-order chi connectivity index (χ1) is 2.81. The molecule has 0 fully saturated rings. The Balaban J connectivity index is 2.75. The molecule has 26 valence electrons. The Hall–Kier alpha value is 0.650. The summed E-state index contributed by atoms with van der Waals surface area (Å²) in [6.45, 7) is -1.16. The van der Waals surface area contributed by atoms with Crippen molar-refractivity contribution < 1.29 is 9.55 Å². The monoisotopic (exact) mass is 177 g/mol. The fraction of sp³-hybridized carbons (Fsp3) is 1.00. The first kappa shape index (κ1) is 1.94. The molecule has 0 aliphatic rings. The normalized spacial score (nSPS) is 22.2. The molecule has 1 N–H and O–H groups in total. The molecular formula is CH3IO2. The molecule has 3 heteroatoms. The van der Waals surface area contributed by atoms with Crippen LogP contribution in [-0.2, 0) is 3.07 Å². The van der Waals surface area contributed by atoms with Gasteiger partial charge in [-0.3, -0.25) is 3.07 Å². The maximum absolute atomic E-state index is 6.43. The van der Waals surface area contributed by atoms with E-state index in [1.54, 1.807) is 0 Å². The Morgan fingerprint density at radius 1 is 3.00 bits per heavy atom. The molecule has 2 nitrogen and oxygen atoms in total. The van der Waals surface area contributed by atoms with E-state index in [9.17, 15) is 0 Å². The summed E-state index contributed by atoms with van der Waals surface area (Å²) >= 11 is 1.48. The zero-order valence-electron chi connectivity index (χ0n) is 3.77. The van der Waals surface area contributed by atoms with Crippen LogP contribution in [0.15, 0.2) is 0 Å². The van der Waals surface area contributed by atoms with Crippen LogP contribution in [0, 0.1) is 0 Å². The van der Waals surface area contributed by atoms with Crippen molar-refractivity contribution in [3.63, 3.8) is 0 Å². The van der Waals surface area contributed by atoms with Crippen LogP contribution in [0.25, 0.3) is 0 Å². The van der Waals surface area contributed by atoms with Crippen molar-refractivity contribution in [3.8, 4) is 0 Å². The molecule has 0 heterocycles. The van der Waals surface area contributed by atoms with Gasteiger partial charge in [-0.25, -0.2) is 0 Å². The molecule has 0 aromatic rings. The zero-order valence-corrected chi connectivity index (χ0v) is 3.93. The third-order valence-corrected chi connectivity index (χ3v) is 0.244. The van der Waals surface area contributed by atoms with E-state index in [-0.39, 0.29) is 0 Å². The first-order valence-corrected chi connectivity index (χ1v) is 1.51. The van der Waals surface area contributed by atoms with Gasteiger partial charge in [0, 0.05) is 0 Å². The van der Waals surface area contributed by atoms with Crippen LogP contribution >= 0.6 is 23.0 Å². The number of aliphatic hydroxyl groups is 1. The molecule has 4 heavy (non-hydrogen) atoms. The molecule has 0 aliphatic heterocycles. The largest absolute Gasteiger partial charge is 0.370 e. The van der Waals surface area contributed by atoms with Gasteiger partial charge in [0.2, 0.25) is 1.43 Å². The number of hydrogen-bond donors (Lipinski definition) is 1. The van der Waals surface area contributed by atoms with Gasteiger partial charge in [0.25, 0.3) is 0 Å². The number of halogens is 1. The van der Waals surface area contributed by atoms with Crippen molar-refractivity contribution in [3.05, 3.63) is 0 Å². The minimum Gasteiger partial charge on any atom is -0.370 e. The van der Waals surface area contributed by atoms with Gasteiger partial charge in [-0.05, 0) is 0 Å². The van der Waals surface area contributed by atoms with Gasteiger partial charge in [-0.1, -0.05) is 0 Å². The molecule has 0 spiro atoms. The SMILES string of the molecule is [2H]C(O[3H])OI. The molecular weight excluding hydrogens is 171 g/mol. The van der Waals surface area contributed by atoms with E-state index < -0.39 is 6.77 Å².